The Morgan fingerprint density at radius 2 is 1.79 bits per heavy atom. The zero-order valence-electron chi connectivity index (χ0n) is 15.3. The minimum Gasteiger partial charge on any atom is -0.329 e. The first kappa shape index (κ1) is 21.1. The van der Waals surface area contributed by atoms with Gasteiger partial charge in [0.25, 0.3) is 0 Å². The quantitative estimate of drug-likeness (QED) is 0.258. The number of halogens is 6. The van der Waals surface area contributed by atoms with Crippen LogP contribution in [0.5, 0.6) is 0 Å². The summed E-state index contributed by atoms with van der Waals surface area (Å²) in [6.45, 7) is -0.568. The fourth-order valence-electron chi connectivity index (χ4n) is 3.47. The highest BCUT2D eigenvalue weighted by Gasteiger charge is 2.47. The Balaban J connectivity index is 1.66. The number of benzene rings is 1. The van der Waals surface area contributed by atoms with Gasteiger partial charge in [-0.3, -0.25) is 4.79 Å². The number of alkyl halides is 3. The van der Waals surface area contributed by atoms with Crippen LogP contribution in [0.15, 0.2) is 12.1 Å². The van der Waals surface area contributed by atoms with Crippen molar-refractivity contribution in [2.75, 3.05) is 19.6 Å². The van der Waals surface area contributed by atoms with Crippen molar-refractivity contribution >= 4 is 17.6 Å². The van der Waals surface area contributed by atoms with Gasteiger partial charge in [0.15, 0.2) is 11.6 Å². The Morgan fingerprint density at radius 3 is 2.34 bits per heavy atom. The third kappa shape index (κ3) is 4.54. The van der Waals surface area contributed by atoms with Crippen LogP contribution in [0.1, 0.15) is 24.8 Å². The predicted molar refractivity (Wildman–Crippen MR) is 91.0 cm³/mol. The molecule has 3 N–H and O–H groups in total. The van der Waals surface area contributed by atoms with Gasteiger partial charge in [-0.05, 0) is 36.3 Å². The van der Waals surface area contributed by atoms with Gasteiger partial charge in [0.2, 0.25) is 11.7 Å². The number of carbonyl (C=O) groups is 1. The van der Waals surface area contributed by atoms with Gasteiger partial charge in [-0.25, -0.2) is 17.7 Å². The van der Waals surface area contributed by atoms with Crippen molar-refractivity contribution in [2.24, 2.45) is 11.1 Å². The second-order valence-corrected chi connectivity index (χ2v) is 7.52. The first-order valence-electron chi connectivity index (χ1n) is 8.88. The molecule has 1 heterocycles. The summed E-state index contributed by atoms with van der Waals surface area (Å²) in [5.74, 6) is -5.57. The van der Waals surface area contributed by atoms with Crippen LogP contribution in [-0.4, -0.2) is 52.9 Å². The summed E-state index contributed by atoms with van der Waals surface area (Å²) in [5, 5.41) is 7.17. The molecule has 0 saturated heterocycles. The summed E-state index contributed by atoms with van der Waals surface area (Å²) >= 11 is 0. The van der Waals surface area contributed by atoms with Gasteiger partial charge >= 0.3 is 12.0 Å². The molecule has 158 valence electrons. The molecule has 1 saturated carbocycles. The molecule has 1 aliphatic heterocycles. The molecular weight excluding hydrogens is 402 g/mol. The lowest BCUT2D eigenvalue weighted by atomic mass is 9.92. The molecule has 29 heavy (non-hydrogen) atoms. The molecule has 0 bridgehead atoms. The fraction of sp³-hybridized carbons (Fsp3) is 0.500. The van der Waals surface area contributed by atoms with Gasteiger partial charge in [0.05, 0.1) is 13.1 Å². The van der Waals surface area contributed by atoms with E-state index in [1.54, 1.807) is 0 Å². The van der Waals surface area contributed by atoms with E-state index in [4.69, 9.17) is 11.1 Å². The van der Waals surface area contributed by atoms with E-state index in [9.17, 15) is 31.1 Å². The smallest absolute Gasteiger partial charge is 0.329 e. The monoisotopic (exact) mass is 421 g/mol. The SMILES string of the molecule is N=C([N+]1=C(N)CN(C(=O)CC2(Cc3cc(F)c(F)cc3F)CC2)CC1)C(F)(F)F. The number of hydrogen-bond acceptors (Lipinski definition) is 3. The highest BCUT2D eigenvalue weighted by molar-refractivity contribution is 5.90. The van der Waals surface area contributed by atoms with Crippen molar-refractivity contribution in [2.45, 2.75) is 31.9 Å². The van der Waals surface area contributed by atoms with Gasteiger partial charge in [0, 0.05) is 12.5 Å². The summed E-state index contributed by atoms with van der Waals surface area (Å²) < 4.78 is 79.1. The lowest BCUT2D eigenvalue weighted by Crippen LogP contribution is -2.54. The standard InChI is InChI=1S/C18H18F6N4O/c19-11-6-13(21)12(20)5-10(11)7-17(1-2-17)8-15(29)27-3-4-28(14(25)9-27)16(26)18(22,23)24/h5-6,25-26H,1-4,7-9H2/p+1. The maximum absolute atomic E-state index is 13.9. The van der Waals surface area contributed by atoms with E-state index in [-0.39, 0.29) is 49.8 Å². The van der Waals surface area contributed by atoms with E-state index in [0.717, 1.165) is 6.07 Å². The normalized spacial score (nSPS) is 18.8. The van der Waals surface area contributed by atoms with Crippen LogP contribution in [0.25, 0.3) is 0 Å². The molecule has 1 aromatic rings. The summed E-state index contributed by atoms with van der Waals surface area (Å²) in [5.41, 5.74) is 5.02. The van der Waals surface area contributed by atoms with Crippen molar-refractivity contribution in [3.05, 3.63) is 35.1 Å². The average Bonchev–Trinajstić information content (AvgIpc) is 3.37. The van der Waals surface area contributed by atoms with Crippen LogP contribution in [0, 0.1) is 28.3 Å². The third-order valence-corrected chi connectivity index (χ3v) is 5.32. The van der Waals surface area contributed by atoms with Gasteiger partial charge in [-0.1, -0.05) is 0 Å². The number of amides is 1. The predicted octanol–water partition coefficient (Wildman–Crippen LogP) is 2.57. The number of carbonyl (C=O) groups excluding carboxylic acids is 1. The molecule has 0 atom stereocenters. The lowest BCUT2D eigenvalue weighted by Gasteiger charge is -2.29. The Morgan fingerprint density at radius 1 is 1.17 bits per heavy atom. The number of nitrogens with one attached hydrogen (secondary N) is 1. The van der Waals surface area contributed by atoms with Crippen LogP contribution in [0.4, 0.5) is 26.3 Å². The van der Waals surface area contributed by atoms with Gasteiger partial charge in [-0.2, -0.15) is 18.6 Å². The number of nitrogens with two attached hydrogens (primary N) is 1. The molecule has 2 aliphatic rings. The van der Waals surface area contributed by atoms with Gasteiger partial charge < -0.3 is 10.6 Å². The second kappa shape index (κ2) is 7.34. The Bertz CT molecular complexity index is 891. The van der Waals surface area contributed by atoms with E-state index in [0.29, 0.717) is 23.5 Å². The Hall–Kier alpha value is -2.59. The lowest BCUT2D eigenvalue weighted by molar-refractivity contribution is -0.437. The Kier molecular flexibility index (Phi) is 5.35. The van der Waals surface area contributed by atoms with E-state index in [2.05, 4.69) is 0 Å². The average molecular weight is 421 g/mol. The van der Waals surface area contributed by atoms with Crippen LogP contribution in [0.2, 0.25) is 0 Å². The first-order chi connectivity index (χ1) is 13.4. The summed E-state index contributed by atoms with van der Waals surface area (Å²) in [6, 6.07) is 1.25. The maximum Gasteiger partial charge on any atom is 0.481 e. The molecule has 3 rings (SSSR count). The number of hydrogen-bond donors (Lipinski definition) is 2. The second-order valence-electron chi connectivity index (χ2n) is 7.52. The number of amidine groups is 2. The van der Waals surface area contributed by atoms with E-state index < -0.39 is 34.9 Å². The molecule has 0 unspecified atom stereocenters. The number of rotatable bonds is 4. The minimum absolute atomic E-state index is 0.00453. The molecule has 1 amide bonds. The van der Waals surface area contributed by atoms with Crippen molar-refractivity contribution in [1.82, 2.24) is 4.90 Å². The molecule has 5 nitrogen and oxygen atoms in total. The van der Waals surface area contributed by atoms with E-state index in [1.807, 2.05) is 0 Å². The van der Waals surface area contributed by atoms with Crippen LogP contribution < -0.4 is 5.73 Å². The molecule has 0 radical (unpaired) electrons. The number of nitrogens with zero attached hydrogens (tertiary/aromatic N) is 2. The summed E-state index contributed by atoms with van der Waals surface area (Å²) in [4.78, 5) is 13.9. The van der Waals surface area contributed by atoms with Crippen LogP contribution in [0.3, 0.4) is 0 Å². The third-order valence-electron chi connectivity index (χ3n) is 5.32. The first-order valence-corrected chi connectivity index (χ1v) is 8.88. The molecule has 0 spiro atoms. The van der Waals surface area contributed by atoms with E-state index in [1.165, 1.54) is 4.90 Å². The van der Waals surface area contributed by atoms with E-state index >= 15 is 0 Å². The molecular formula is C18H19F6N4O+. The zero-order valence-corrected chi connectivity index (χ0v) is 15.3. The summed E-state index contributed by atoms with van der Waals surface area (Å²) in [6.07, 6.45) is -3.61. The molecule has 1 aromatic carbocycles. The summed E-state index contributed by atoms with van der Waals surface area (Å²) in [7, 11) is 0. The molecule has 1 aliphatic carbocycles. The highest BCUT2D eigenvalue weighted by atomic mass is 19.4. The van der Waals surface area contributed by atoms with Crippen LogP contribution >= 0.6 is 0 Å². The van der Waals surface area contributed by atoms with Crippen molar-refractivity contribution < 1.29 is 35.7 Å². The van der Waals surface area contributed by atoms with Crippen LogP contribution in [-0.2, 0) is 11.2 Å². The molecule has 1 fully saturated rings. The topological polar surface area (TPSA) is 73.2 Å². The minimum atomic E-state index is -4.84. The van der Waals surface area contributed by atoms with Crippen molar-refractivity contribution in [3.63, 3.8) is 0 Å². The van der Waals surface area contributed by atoms with Gasteiger partial charge in [0.1, 0.15) is 12.4 Å². The largest absolute Gasteiger partial charge is 0.481 e. The van der Waals surface area contributed by atoms with Gasteiger partial charge in [-0.15, -0.1) is 0 Å². The Labute approximate surface area is 162 Å². The van der Waals surface area contributed by atoms with Crippen molar-refractivity contribution in [3.8, 4) is 0 Å². The van der Waals surface area contributed by atoms with Crippen molar-refractivity contribution in [1.29, 1.82) is 5.41 Å². The highest BCUT2D eigenvalue weighted by Crippen LogP contribution is 2.52. The molecule has 0 aromatic heterocycles. The molecule has 11 heteroatoms. The zero-order chi connectivity index (χ0) is 21.6. The fourth-order valence-corrected chi connectivity index (χ4v) is 3.47. The maximum atomic E-state index is 13.9.